The largest absolute Gasteiger partial charge is 0.372 e. The third-order valence-electron chi connectivity index (χ3n) is 4.39. The van der Waals surface area contributed by atoms with E-state index in [1.807, 2.05) is 48.5 Å². The van der Waals surface area contributed by atoms with Crippen LogP contribution in [0.15, 0.2) is 58.6 Å². The molecular formula is C20H24N7O+. The summed E-state index contributed by atoms with van der Waals surface area (Å²) in [5, 5.41) is 6.97. The van der Waals surface area contributed by atoms with Crippen LogP contribution in [0.1, 0.15) is 13.8 Å². The van der Waals surface area contributed by atoms with Crippen LogP contribution >= 0.6 is 0 Å². The Morgan fingerprint density at radius 2 is 1.89 bits per heavy atom. The average Bonchev–Trinajstić information content (AvgIpc) is 3.05. The summed E-state index contributed by atoms with van der Waals surface area (Å²) in [6, 6.07) is 14.6. The highest BCUT2D eigenvalue weighted by Crippen LogP contribution is 2.30. The number of amidine groups is 1. The summed E-state index contributed by atoms with van der Waals surface area (Å²) in [7, 11) is 0. The van der Waals surface area contributed by atoms with E-state index < -0.39 is 6.03 Å². The summed E-state index contributed by atoms with van der Waals surface area (Å²) in [6.45, 7) is 5.84. The van der Waals surface area contributed by atoms with Gasteiger partial charge in [-0.05, 0) is 44.2 Å². The van der Waals surface area contributed by atoms with Crippen molar-refractivity contribution in [2.75, 3.05) is 23.3 Å². The predicted molar refractivity (Wildman–Crippen MR) is 114 cm³/mol. The molecule has 0 fully saturated rings. The first-order valence-corrected chi connectivity index (χ1v) is 9.09. The fraction of sp³-hybridized carbons (Fsp3) is 0.200. The fourth-order valence-electron chi connectivity index (χ4n) is 2.98. The number of anilines is 2. The van der Waals surface area contributed by atoms with Crippen LogP contribution in [-0.4, -0.2) is 41.6 Å². The molecule has 3 rings (SSSR count). The molecule has 8 heteroatoms. The number of nitrogens with two attached hydrogens (primary N) is 2. The maximum atomic E-state index is 11.5. The van der Waals surface area contributed by atoms with E-state index in [1.165, 1.54) is 0 Å². The van der Waals surface area contributed by atoms with E-state index in [9.17, 15) is 4.79 Å². The number of amides is 2. The van der Waals surface area contributed by atoms with Gasteiger partial charge in [-0.3, -0.25) is 5.73 Å². The van der Waals surface area contributed by atoms with Crippen molar-refractivity contribution in [1.29, 1.82) is 0 Å². The molecule has 0 aliphatic carbocycles. The van der Waals surface area contributed by atoms with Crippen molar-refractivity contribution >= 4 is 46.5 Å². The van der Waals surface area contributed by atoms with Crippen LogP contribution in [0.4, 0.5) is 27.5 Å². The molecule has 8 nitrogen and oxygen atoms in total. The van der Waals surface area contributed by atoms with E-state index in [-0.39, 0.29) is 0 Å². The van der Waals surface area contributed by atoms with Crippen LogP contribution in [-0.2, 0) is 0 Å². The van der Waals surface area contributed by atoms with Gasteiger partial charge in [-0.1, -0.05) is 28.0 Å². The van der Waals surface area contributed by atoms with Crippen LogP contribution in [0.25, 0.3) is 0 Å². The molecule has 28 heavy (non-hydrogen) atoms. The van der Waals surface area contributed by atoms with Crippen molar-refractivity contribution in [1.82, 2.24) is 0 Å². The molecule has 0 aromatic heterocycles. The average molecular weight is 378 g/mol. The number of aliphatic imine (C=N–C) groups is 1. The monoisotopic (exact) mass is 378 g/mol. The second kappa shape index (κ2) is 8.34. The number of nitrogens with zero attached hydrogens (tertiary/aromatic N) is 4. The molecule has 2 aromatic rings. The van der Waals surface area contributed by atoms with Crippen LogP contribution in [0.2, 0.25) is 0 Å². The number of carbonyl (C=O) groups excluding carboxylic acids is 1. The minimum Gasteiger partial charge on any atom is -0.372 e. The lowest BCUT2D eigenvalue weighted by atomic mass is 10.2. The Balaban J connectivity index is 2.00. The third kappa shape index (κ3) is 4.01. The molecule has 1 heterocycles. The molecule has 0 bridgehead atoms. The molecule has 2 aromatic carbocycles. The van der Waals surface area contributed by atoms with Gasteiger partial charge in [-0.2, -0.15) is 0 Å². The van der Waals surface area contributed by atoms with Crippen LogP contribution in [0, 0.1) is 0 Å². The van der Waals surface area contributed by atoms with Crippen molar-refractivity contribution in [3.63, 3.8) is 0 Å². The summed E-state index contributed by atoms with van der Waals surface area (Å²) in [5.74, 6) is 0.407. The van der Waals surface area contributed by atoms with E-state index in [0.717, 1.165) is 24.5 Å². The Morgan fingerprint density at radius 1 is 1.18 bits per heavy atom. The highest BCUT2D eigenvalue weighted by molar-refractivity contribution is 6.62. The van der Waals surface area contributed by atoms with Crippen molar-refractivity contribution in [3.05, 3.63) is 48.5 Å². The standard InChI is InChI=1S/C20H23N7O/c1-3-26(4-2)15-10-11-16(17(12-15)25-20(22)28)24-18-13-23-27(19(18)21)14-8-6-5-7-9-14/h5-13H,3-4H2,1-2H3,(H4,21,22,23,25,28)/p+1. The van der Waals surface area contributed by atoms with E-state index in [2.05, 4.69) is 34.2 Å². The highest BCUT2D eigenvalue weighted by atomic mass is 16.2. The number of carbonyl (C=O) groups is 1. The second-order valence-electron chi connectivity index (χ2n) is 6.14. The molecule has 1 aliphatic heterocycles. The first kappa shape index (κ1) is 19.1. The quantitative estimate of drug-likeness (QED) is 0.672. The smallest absolute Gasteiger partial charge is 0.326 e. The minimum atomic E-state index is -0.652. The molecule has 144 valence electrons. The van der Waals surface area contributed by atoms with Gasteiger partial charge in [0.05, 0.1) is 11.4 Å². The molecule has 0 saturated carbocycles. The van der Waals surface area contributed by atoms with E-state index in [0.29, 0.717) is 22.9 Å². The van der Waals surface area contributed by atoms with Crippen molar-refractivity contribution in [2.24, 2.45) is 21.6 Å². The van der Waals surface area contributed by atoms with Crippen molar-refractivity contribution < 1.29 is 9.48 Å². The van der Waals surface area contributed by atoms with E-state index in [4.69, 9.17) is 11.5 Å². The summed E-state index contributed by atoms with van der Waals surface area (Å²) >= 11 is 0. The lowest BCUT2D eigenvalue weighted by Crippen LogP contribution is -2.27. The number of nitrogens with one attached hydrogen (secondary N) is 1. The maximum absolute atomic E-state index is 11.5. The molecule has 0 saturated heterocycles. The highest BCUT2D eigenvalue weighted by Gasteiger charge is 2.23. The van der Waals surface area contributed by atoms with Gasteiger partial charge in [-0.15, -0.1) is 0 Å². The SMILES string of the molecule is CCN(CC)c1ccc(N=C2C=N[N+](c3ccccc3)=C2N)c(NC(N)=O)c1. The van der Waals surface area contributed by atoms with Gasteiger partial charge >= 0.3 is 11.9 Å². The summed E-state index contributed by atoms with van der Waals surface area (Å²) < 4.78 is 1.62. The predicted octanol–water partition coefficient (Wildman–Crippen LogP) is 2.80. The number of hydrogen-bond acceptors (Lipinski definition) is 5. The van der Waals surface area contributed by atoms with E-state index in [1.54, 1.807) is 10.9 Å². The Kier molecular flexibility index (Phi) is 5.69. The van der Waals surface area contributed by atoms with Crippen molar-refractivity contribution in [2.45, 2.75) is 13.8 Å². The molecule has 1 aliphatic rings. The lowest BCUT2D eigenvalue weighted by Gasteiger charge is -2.22. The molecular weight excluding hydrogens is 354 g/mol. The second-order valence-corrected chi connectivity index (χ2v) is 6.14. The van der Waals surface area contributed by atoms with Gasteiger partial charge in [0.15, 0.2) is 11.4 Å². The Morgan fingerprint density at radius 3 is 2.54 bits per heavy atom. The van der Waals surface area contributed by atoms with Crippen molar-refractivity contribution in [3.8, 4) is 0 Å². The van der Waals surface area contributed by atoms with E-state index >= 15 is 0 Å². The van der Waals surface area contributed by atoms with Crippen LogP contribution < -0.4 is 21.7 Å². The van der Waals surface area contributed by atoms with Gasteiger partial charge in [0.2, 0.25) is 0 Å². The number of hydrazone groups is 1. The number of urea groups is 1. The van der Waals surface area contributed by atoms with Gasteiger partial charge < -0.3 is 16.0 Å². The Bertz CT molecular complexity index is 960. The fourth-order valence-corrected chi connectivity index (χ4v) is 2.98. The zero-order valence-electron chi connectivity index (χ0n) is 16.0. The van der Waals surface area contributed by atoms with Gasteiger partial charge in [0.1, 0.15) is 6.21 Å². The summed E-state index contributed by atoms with van der Waals surface area (Å²) in [5.41, 5.74) is 15.0. The number of rotatable bonds is 6. The summed E-state index contributed by atoms with van der Waals surface area (Å²) in [4.78, 5) is 18.2. The number of primary amides is 1. The molecule has 5 N–H and O–H groups in total. The molecule has 0 spiro atoms. The first-order valence-electron chi connectivity index (χ1n) is 9.09. The maximum Gasteiger partial charge on any atom is 0.326 e. The normalized spacial score (nSPS) is 14.6. The summed E-state index contributed by atoms with van der Waals surface area (Å²) in [6.07, 6.45) is 1.59. The Hall–Kier alpha value is -3.68. The van der Waals surface area contributed by atoms with Crippen LogP contribution in [0.3, 0.4) is 0 Å². The minimum absolute atomic E-state index is 0.407. The lowest BCUT2D eigenvalue weighted by molar-refractivity contribution is -0.441. The van der Waals surface area contributed by atoms with Gasteiger partial charge in [-0.25, -0.2) is 9.79 Å². The third-order valence-corrected chi connectivity index (χ3v) is 4.39. The number of para-hydroxylation sites is 1. The topological polar surface area (TPSA) is 112 Å². The zero-order chi connectivity index (χ0) is 20.1. The molecule has 0 unspecified atom stereocenters. The van der Waals surface area contributed by atoms with Gasteiger partial charge in [0, 0.05) is 18.8 Å². The number of benzene rings is 2. The number of hydrogen-bond donors (Lipinski definition) is 3. The Labute approximate surface area is 163 Å². The van der Waals surface area contributed by atoms with Gasteiger partial charge in [0.25, 0.3) is 0 Å². The molecule has 0 atom stereocenters. The first-order chi connectivity index (χ1) is 13.5. The molecule has 2 amide bonds. The van der Waals surface area contributed by atoms with Crippen LogP contribution in [0.5, 0.6) is 0 Å². The zero-order valence-corrected chi connectivity index (χ0v) is 16.0. The molecule has 0 radical (unpaired) electrons.